The Hall–Kier alpha value is -1.82. The Morgan fingerprint density at radius 1 is 1.56 bits per heavy atom. The Balaban J connectivity index is 3.17. The summed E-state index contributed by atoms with van der Waals surface area (Å²) < 4.78 is 18.3. The highest BCUT2D eigenvalue weighted by Gasteiger charge is 2.23. The fraction of sp³-hybridized carbons (Fsp3) is 0.417. The summed E-state index contributed by atoms with van der Waals surface area (Å²) in [5.41, 5.74) is 4.58. The van der Waals surface area contributed by atoms with Gasteiger partial charge in [-0.1, -0.05) is 0 Å². The largest absolute Gasteiger partial charge is 0.478 e. The van der Waals surface area contributed by atoms with Crippen LogP contribution in [0.4, 0.5) is 15.8 Å². The number of halogens is 1. The van der Waals surface area contributed by atoms with Crippen molar-refractivity contribution in [3.63, 3.8) is 0 Å². The molecule has 0 aromatic heterocycles. The van der Waals surface area contributed by atoms with Crippen LogP contribution >= 0.6 is 0 Å². The summed E-state index contributed by atoms with van der Waals surface area (Å²) >= 11 is 0. The molecule has 18 heavy (non-hydrogen) atoms. The Bertz CT molecular complexity index is 461. The second kappa shape index (κ2) is 5.22. The lowest BCUT2D eigenvalue weighted by molar-refractivity contribution is 0.0698. The molecule has 0 spiro atoms. The first kappa shape index (κ1) is 14.2. The van der Waals surface area contributed by atoms with Crippen LogP contribution in [0, 0.1) is 5.82 Å². The zero-order chi connectivity index (χ0) is 13.9. The third kappa shape index (κ3) is 3.10. The third-order valence-electron chi connectivity index (χ3n) is 2.38. The summed E-state index contributed by atoms with van der Waals surface area (Å²) in [6.45, 7) is 4.03. The molecular weight excluding hydrogens is 239 g/mol. The van der Waals surface area contributed by atoms with Crippen LogP contribution < -0.4 is 11.1 Å². The van der Waals surface area contributed by atoms with Gasteiger partial charge in [0, 0.05) is 7.11 Å². The maximum atomic E-state index is 13.3. The fourth-order valence-electron chi connectivity index (χ4n) is 1.69. The van der Waals surface area contributed by atoms with E-state index >= 15 is 0 Å². The summed E-state index contributed by atoms with van der Waals surface area (Å²) in [7, 11) is 1.54. The van der Waals surface area contributed by atoms with Crippen LogP contribution in [-0.4, -0.2) is 30.3 Å². The van der Waals surface area contributed by atoms with Crippen molar-refractivity contribution in [2.45, 2.75) is 19.4 Å². The van der Waals surface area contributed by atoms with Crippen LogP contribution in [-0.2, 0) is 4.74 Å². The van der Waals surface area contributed by atoms with Crippen LogP contribution in [0.25, 0.3) is 0 Å². The number of carboxylic acids is 1. The molecule has 0 aliphatic carbocycles. The Morgan fingerprint density at radius 3 is 2.67 bits per heavy atom. The van der Waals surface area contributed by atoms with E-state index in [4.69, 9.17) is 15.6 Å². The predicted octanol–water partition coefficient (Wildman–Crippen LogP) is 1.94. The number of nitrogens with two attached hydrogens (primary N) is 1. The number of hydrogen-bond donors (Lipinski definition) is 3. The van der Waals surface area contributed by atoms with Crippen molar-refractivity contribution in [1.29, 1.82) is 0 Å². The molecule has 0 saturated carbocycles. The van der Waals surface area contributed by atoms with E-state index in [1.54, 1.807) is 7.11 Å². The third-order valence-corrected chi connectivity index (χ3v) is 2.38. The number of aromatic carboxylic acids is 1. The predicted molar refractivity (Wildman–Crippen MR) is 67.3 cm³/mol. The van der Waals surface area contributed by atoms with Gasteiger partial charge in [-0.2, -0.15) is 0 Å². The Morgan fingerprint density at radius 2 is 2.17 bits per heavy atom. The monoisotopic (exact) mass is 256 g/mol. The van der Waals surface area contributed by atoms with E-state index in [0.29, 0.717) is 6.61 Å². The van der Waals surface area contributed by atoms with Crippen molar-refractivity contribution in [3.05, 3.63) is 23.5 Å². The summed E-state index contributed by atoms with van der Waals surface area (Å²) in [4.78, 5) is 11.1. The molecule has 4 N–H and O–H groups in total. The van der Waals surface area contributed by atoms with Crippen LogP contribution in [0.5, 0.6) is 0 Å². The Labute approximate surface area is 105 Å². The van der Waals surface area contributed by atoms with Crippen molar-refractivity contribution in [3.8, 4) is 0 Å². The lowest BCUT2D eigenvalue weighted by atomic mass is 10.0. The van der Waals surface area contributed by atoms with E-state index in [9.17, 15) is 9.18 Å². The van der Waals surface area contributed by atoms with Crippen molar-refractivity contribution in [2.24, 2.45) is 0 Å². The van der Waals surface area contributed by atoms with Gasteiger partial charge in [-0.25, -0.2) is 9.18 Å². The summed E-state index contributed by atoms with van der Waals surface area (Å²) in [6, 6.07) is 2.49. The number of carbonyl (C=O) groups is 1. The number of anilines is 2. The number of ether oxygens (including phenoxy) is 1. The van der Waals surface area contributed by atoms with E-state index in [0.717, 1.165) is 6.07 Å². The van der Waals surface area contributed by atoms with Crippen LogP contribution in [0.2, 0.25) is 0 Å². The maximum Gasteiger partial charge on any atom is 0.340 e. The van der Waals surface area contributed by atoms with Crippen LogP contribution in [0.1, 0.15) is 24.2 Å². The average Bonchev–Trinajstić information content (AvgIpc) is 2.22. The molecule has 0 fully saturated rings. The number of nitrogens with one attached hydrogen (secondary N) is 1. The van der Waals surface area contributed by atoms with Gasteiger partial charge in [0.25, 0.3) is 0 Å². The smallest absolute Gasteiger partial charge is 0.340 e. The molecule has 0 aliphatic rings. The first-order valence-electron chi connectivity index (χ1n) is 5.37. The van der Waals surface area contributed by atoms with Crippen molar-refractivity contribution >= 4 is 17.3 Å². The SMILES string of the molecule is COCC(C)(C)Nc1ccc(F)c(N)c1C(=O)O. The number of carboxylic acid groups (broad SMARTS) is 1. The van der Waals surface area contributed by atoms with Gasteiger partial charge in [-0.05, 0) is 26.0 Å². The van der Waals surface area contributed by atoms with Gasteiger partial charge >= 0.3 is 5.97 Å². The quantitative estimate of drug-likeness (QED) is 0.701. The normalized spacial score (nSPS) is 11.3. The molecule has 1 aromatic rings. The zero-order valence-electron chi connectivity index (χ0n) is 10.6. The van der Waals surface area contributed by atoms with Gasteiger partial charge in [-0.15, -0.1) is 0 Å². The Kier molecular flexibility index (Phi) is 4.13. The van der Waals surface area contributed by atoms with Crippen molar-refractivity contribution in [1.82, 2.24) is 0 Å². The van der Waals surface area contributed by atoms with E-state index in [1.807, 2.05) is 13.8 Å². The molecule has 0 aliphatic heterocycles. The minimum Gasteiger partial charge on any atom is -0.478 e. The minimum atomic E-state index is -1.28. The number of nitrogen functional groups attached to an aromatic ring is 1. The second-order valence-corrected chi connectivity index (χ2v) is 4.63. The first-order valence-corrected chi connectivity index (χ1v) is 5.37. The molecule has 0 saturated heterocycles. The lowest BCUT2D eigenvalue weighted by Crippen LogP contribution is -2.36. The molecule has 0 radical (unpaired) electrons. The molecule has 0 atom stereocenters. The number of methoxy groups -OCH3 is 1. The summed E-state index contributed by atoms with van der Waals surface area (Å²) in [5.74, 6) is -2.02. The van der Waals surface area contributed by atoms with Crippen LogP contribution in [0.3, 0.4) is 0 Å². The highest BCUT2D eigenvalue weighted by Crippen LogP contribution is 2.27. The fourth-order valence-corrected chi connectivity index (χ4v) is 1.69. The molecule has 5 nitrogen and oxygen atoms in total. The first-order chi connectivity index (χ1) is 8.28. The van der Waals surface area contributed by atoms with E-state index in [2.05, 4.69) is 5.32 Å². The summed E-state index contributed by atoms with van der Waals surface area (Å²) in [5, 5.41) is 12.1. The summed E-state index contributed by atoms with van der Waals surface area (Å²) in [6.07, 6.45) is 0. The van der Waals surface area contributed by atoms with Gasteiger partial charge in [0.05, 0.1) is 23.5 Å². The highest BCUT2D eigenvalue weighted by atomic mass is 19.1. The molecule has 1 rings (SSSR count). The second-order valence-electron chi connectivity index (χ2n) is 4.63. The number of hydrogen-bond acceptors (Lipinski definition) is 4. The van der Waals surface area contributed by atoms with E-state index < -0.39 is 17.3 Å². The molecule has 0 amide bonds. The van der Waals surface area contributed by atoms with Crippen molar-refractivity contribution < 1.29 is 19.0 Å². The van der Waals surface area contributed by atoms with Gasteiger partial charge in [-0.3, -0.25) is 0 Å². The topological polar surface area (TPSA) is 84.6 Å². The van der Waals surface area contributed by atoms with Crippen molar-refractivity contribution in [2.75, 3.05) is 24.8 Å². The molecule has 0 unspecified atom stereocenters. The maximum absolute atomic E-state index is 13.3. The molecular formula is C12H17FN2O3. The molecule has 0 bridgehead atoms. The number of rotatable bonds is 5. The lowest BCUT2D eigenvalue weighted by Gasteiger charge is -2.27. The number of benzene rings is 1. The standard InChI is InChI=1S/C12H17FN2O3/c1-12(2,6-18-3)15-8-5-4-7(13)10(14)9(8)11(16)17/h4-5,15H,6,14H2,1-3H3,(H,16,17). The van der Waals surface area contributed by atoms with Crippen LogP contribution in [0.15, 0.2) is 12.1 Å². The van der Waals surface area contributed by atoms with Gasteiger partial charge in [0.1, 0.15) is 11.4 Å². The molecule has 100 valence electrons. The van der Waals surface area contributed by atoms with E-state index in [1.165, 1.54) is 6.07 Å². The van der Waals surface area contributed by atoms with Gasteiger partial charge < -0.3 is 20.9 Å². The minimum absolute atomic E-state index is 0.265. The highest BCUT2D eigenvalue weighted by molar-refractivity contribution is 6.00. The molecule has 6 heteroatoms. The molecule has 1 aromatic carbocycles. The molecule has 0 heterocycles. The zero-order valence-corrected chi connectivity index (χ0v) is 10.6. The average molecular weight is 256 g/mol. The van der Waals surface area contributed by atoms with Gasteiger partial charge in [0.15, 0.2) is 0 Å². The van der Waals surface area contributed by atoms with E-state index in [-0.39, 0.29) is 16.9 Å². The van der Waals surface area contributed by atoms with Gasteiger partial charge in [0.2, 0.25) is 0 Å².